The van der Waals surface area contributed by atoms with Gasteiger partial charge in [-0.1, -0.05) is 19.3 Å². The van der Waals surface area contributed by atoms with Gasteiger partial charge in [0.05, 0.1) is 31.7 Å². The molecule has 152 valence electrons. The third-order valence-electron chi connectivity index (χ3n) is 5.20. The summed E-state index contributed by atoms with van der Waals surface area (Å²) in [7, 11) is 3.10. The summed E-state index contributed by atoms with van der Waals surface area (Å²) in [5.41, 5.74) is 0.363. The molecule has 0 atom stereocenters. The van der Waals surface area contributed by atoms with Crippen molar-refractivity contribution in [2.24, 2.45) is 0 Å². The minimum atomic E-state index is -0.205. The van der Waals surface area contributed by atoms with Crippen molar-refractivity contribution in [3.63, 3.8) is 0 Å². The maximum absolute atomic E-state index is 12.6. The van der Waals surface area contributed by atoms with Crippen LogP contribution in [0.5, 0.6) is 11.5 Å². The van der Waals surface area contributed by atoms with Crippen LogP contribution < -0.4 is 20.3 Å². The molecule has 2 aromatic rings. The average Bonchev–Trinajstić information content (AvgIpc) is 2.71. The van der Waals surface area contributed by atoms with Crippen LogP contribution in [0.25, 0.3) is 10.9 Å². The number of hydrogen-bond donors (Lipinski definition) is 2. The van der Waals surface area contributed by atoms with Crippen molar-refractivity contribution >= 4 is 28.2 Å². The minimum Gasteiger partial charge on any atom is -0.493 e. The molecule has 0 radical (unpaired) electrons. The van der Waals surface area contributed by atoms with Gasteiger partial charge in [0.15, 0.2) is 16.6 Å². The fourth-order valence-electron chi connectivity index (χ4n) is 3.61. The lowest BCUT2D eigenvalue weighted by Crippen LogP contribution is -2.45. The molecule has 1 aromatic carbocycles. The molecule has 1 aliphatic carbocycles. The van der Waals surface area contributed by atoms with Crippen LogP contribution >= 0.6 is 12.2 Å². The van der Waals surface area contributed by atoms with Crippen molar-refractivity contribution in [1.29, 1.82) is 0 Å². The van der Waals surface area contributed by atoms with Crippen molar-refractivity contribution in [2.45, 2.75) is 51.6 Å². The Kier molecular flexibility index (Phi) is 6.72. The Hall–Kier alpha value is -2.35. The number of thiocarbonyl (C=S) groups is 1. The van der Waals surface area contributed by atoms with E-state index in [0.29, 0.717) is 45.9 Å². The number of aromatic nitrogens is 2. The minimum absolute atomic E-state index is 0.205. The van der Waals surface area contributed by atoms with Gasteiger partial charge in [0.2, 0.25) is 0 Å². The molecule has 0 bridgehead atoms. The van der Waals surface area contributed by atoms with E-state index in [1.54, 1.807) is 26.4 Å². The topological polar surface area (TPSA) is 79.5 Å². The zero-order valence-electron chi connectivity index (χ0n) is 16.7. The fourth-order valence-corrected chi connectivity index (χ4v) is 3.97. The Labute approximate surface area is 170 Å². The molecule has 1 heterocycles. The van der Waals surface area contributed by atoms with Crippen LogP contribution in [0, 0.1) is 0 Å². The van der Waals surface area contributed by atoms with E-state index in [4.69, 9.17) is 21.7 Å². The van der Waals surface area contributed by atoms with Gasteiger partial charge in [-0.2, -0.15) is 0 Å². The van der Waals surface area contributed by atoms with Crippen LogP contribution in [0.2, 0.25) is 0 Å². The summed E-state index contributed by atoms with van der Waals surface area (Å²) in [4.78, 5) is 22.1. The molecule has 1 aliphatic rings. The van der Waals surface area contributed by atoms with Crippen molar-refractivity contribution < 1.29 is 9.47 Å². The van der Waals surface area contributed by atoms with Gasteiger partial charge in [0.25, 0.3) is 5.56 Å². The van der Waals surface area contributed by atoms with Gasteiger partial charge in [-0.15, -0.1) is 0 Å². The van der Waals surface area contributed by atoms with Crippen molar-refractivity contribution in [1.82, 2.24) is 20.2 Å². The summed E-state index contributed by atoms with van der Waals surface area (Å²) < 4.78 is 10.6. The molecular formula is C20H28N4O3S. The predicted octanol–water partition coefficient (Wildman–Crippen LogP) is 2.97. The first-order valence-electron chi connectivity index (χ1n) is 9.76. The number of ether oxygens (including phenoxy) is 2. The van der Waals surface area contributed by atoms with Gasteiger partial charge >= 0.3 is 0 Å². The number of nitrogens with one attached hydrogen (secondary N) is 2. The number of benzene rings is 1. The summed E-state index contributed by atoms with van der Waals surface area (Å²) in [5.74, 6) is 1.61. The smallest absolute Gasteiger partial charge is 0.258 e. The number of H-pyrrole nitrogens is 1. The molecule has 8 heteroatoms. The lowest BCUT2D eigenvalue weighted by Gasteiger charge is -2.29. The first-order chi connectivity index (χ1) is 13.5. The van der Waals surface area contributed by atoms with Gasteiger partial charge in [-0.3, -0.25) is 4.79 Å². The molecule has 2 N–H and O–H groups in total. The Balaban J connectivity index is 1.81. The van der Waals surface area contributed by atoms with Crippen LogP contribution in [0.3, 0.4) is 0 Å². The molecule has 1 aromatic heterocycles. The Morgan fingerprint density at radius 3 is 2.57 bits per heavy atom. The third-order valence-corrected chi connectivity index (χ3v) is 5.58. The van der Waals surface area contributed by atoms with E-state index in [1.807, 2.05) is 11.8 Å². The first-order valence-corrected chi connectivity index (χ1v) is 10.2. The molecule has 0 unspecified atom stereocenters. The zero-order chi connectivity index (χ0) is 20.1. The maximum Gasteiger partial charge on any atom is 0.258 e. The molecule has 7 nitrogen and oxygen atoms in total. The van der Waals surface area contributed by atoms with Gasteiger partial charge in [0, 0.05) is 18.7 Å². The van der Waals surface area contributed by atoms with Gasteiger partial charge in [0.1, 0.15) is 5.82 Å². The highest BCUT2D eigenvalue weighted by molar-refractivity contribution is 7.80. The SMILES string of the molecule is CCN(Cc1nc2cc(OC)c(OC)cc2c(=O)[nH]1)C(=S)NC1CCCCC1. The van der Waals surface area contributed by atoms with E-state index in [9.17, 15) is 4.79 Å². The standard InChI is InChI=1S/C20H28N4O3S/c1-4-24(20(28)21-13-8-6-5-7-9-13)12-18-22-15-11-17(27-3)16(26-2)10-14(15)19(25)23-18/h10-11,13H,4-9,12H2,1-3H3,(H,21,28)(H,22,23,25). The second kappa shape index (κ2) is 9.23. The van der Waals surface area contributed by atoms with Gasteiger partial charge in [-0.25, -0.2) is 4.98 Å². The normalized spacial score (nSPS) is 14.7. The summed E-state index contributed by atoms with van der Waals surface area (Å²) in [5, 5.41) is 4.65. The van der Waals surface area contributed by atoms with Crippen LogP contribution in [0.1, 0.15) is 44.9 Å². The first kappa shape index (κ1) is 20.4. The highest BCUT2D eigenvalue weighted by Gasteiger charge is 2.18. The summed E-state index contributed by atoms with van der Waals surface area (Å²) in [6, 6.07) is 3.81. The van der Waals surface area contributed by atoms with Crippen molar-refractivity contribution in [3.05, 3.63) is 28.3 Å². The molecule has 28 heavy (non-hydrogen) atoms. The van der Waals surface area contributed by atoms with Crippen LogP contribution in [0.15, 0.2) is 16.9 Å². The second-order valence-electron chi connectivity index (χ2n) is 7.04. The molecule has 0 saturated heterocycles. The molecule has 0 aliphatic heterocycles. The number of rotatable bonds is 6. The largest absolute Gasteiger partial charge is 0.493 e. The van der Waals surface area contributed by atoms with E-state index >= 15 is 0 Å². The van der Waals surface area contributed by atoms with Crippen LogP contribution in [-0.2, 0) is 6.54 Å². The third kappa shape index (κ3) is 4.55. The molecule has 1 saturated carbocycles. The lowest BCUT2D eigenvalue weighted by atomic mass is 9.96. The molecule has 1 fully saturated rings. The summed E-state index contributed by atoms with van der Waals surface area (Å²) in [6.45, 7) is 3.21. The van der Waals surface area contributed by atoms with Crippen LogP contribution in [0.4, 0.5) is 0 Å². The Bertz CT molecular complexity index is 893. The van der Waals surface area contributed by atoms with Gasteiger partial charge < -0.3 is 24.7 Å². The molecule has 0 amide bonds. The van der Waals surface area contributed by atoms with E-state index < -0.39 is 0 Å². The van der Waals surface area contributed by atoms with E-state index in [0.717, 1.165) is 19.4 Å². The number of nitrogens with zero attached hydrogens (tertiary/aromatic N) is 2. The number of methoxy groups -OCH3 is 2. The molecule has 3 rings (SSSR count). The summed E-state index contributed by atoms with van der Waals surface area (Å²) >= 11 is 5.61. The van der Waals surface area contributed by atoms with E-state index in [-0.39, 0.29) is 5.56 Å². The number of fused-ring (bicyclic) bond motifs is 1. The van der Waals surface area contributed by atoms with Crippen molar-refractivity contribution in [2.75, 3.05) is 20.8 Å². The number of aromatic amines is 1. The van der Waals surface area contributed by atoms with Crippen molar-refractivity contribution in [3.8, 4) is 11.5 Å². The maximum atomic E-state index is 12.6. The lowest BCUT2D eigenvalue weighted by molar-refractivity contribution is 0.355. The van der Waals surface area contributed by atoms with E-state index in [1.165, 1.54) is 19.3 Å². The molecular weight excluding hydrogens is 376 g/mol. The Morgan fingerprint density at radius 1 is 1.25 bits per heavy atom. The highest BCUT2D eigenvalue weighted by atomic mass is 32.1. The zero-order valence-corrected chi connectivity index (χ0v) is 17.5. The average molecular weight is 405 g/mol. The second-order valence-corrected chi connectivity index (χ2v) is 7.42. The number of hydrogen-bond acceptors (Lipinski definition) is 5. The van der Waals surface area contributed by atoms with Crippen LogP contribution in [-0.4, -0.2) is 46.8 Å². The molecule has 0 spiro atoms. The fraction of sp³-hybridized carbons (Fsp3) is 0.550. The highest BCUT2D eigenvalue weighted by Crippen LogP contribution is 2.30. The quantitative estimate of drug-likeness (QED) is 0.717. The monoisotopic (exact) mass is 404 g/mol. The van der Waals surface area contributed by atoms with E-state index in [2.05, 4.69) is 15.3 Å². The predicted molar refractivity (Wildman–Crippen MR) is 114 cm³/mol. The summed E-state index contributed by atoms with van der Waals surface area (Å²) in [6.07, 6.45) is 6.11. The Morgan fingerprint density at radius 2 is 1.93 bits per heavy atom. The van der Waals surface area contributed by atoms with Gasteiger partial charge in [-0.05, 0) is 38.0 Å².